The fraction of sp³-hybridized carbons (Fsp3) is 0.231. The minimum atomic E-state index is -0.368. The standard InChI is InChI=1S/C13H13BrN2O3/c1-19-9-4-2-8(3-5-9)12(17)11-10(6-7-14)15-13(18)16-11/h2-5H,6-7H2,1H3,(H2,15,16,18). The van der Waals surface area contributed by atoms with E-state index in [-0.39, 0.29) is 11.5 Å². The molecule has 0 aliphatic heterocycles. The van der Waals surface area contributed by atoms with Gasteiger partial charge in [0.05, 0.1) is 7.11 Å². The molecule has 0 bridgehead atoms. The summed E-state index contributed by atoms with van der Waals surface area (Å²) < 4.78 is 5.04. The maximum atomic E-state index is 12.3. The van der Waals surface area contributed by atoms with Crippen LogP contribution < -0.4 is 10.4 Å². The van der Waals surface area contributed by atoms with E-state index in [2.05, 4.69) is 25.9 Å². The van der Waals surface area contributed by atoms with Crippen molar-refractivity contribution in [2.45, 2.75) is 6.42 Å². The molecule has 5 nitrogen and oxygen atoms in total. The quantitative estimate of drug-likeness (QED) is 0.651. The van der Waals surface area contributed by atoms with Crippen LogP contribution in [0.15, 0.2) is 29.1 Å². The topological polar surface area (TPSA) is 75.0 Å². The van der Waals surface area contributed by atoms with Crippen molar-refractivity contribution < 1.29 is 9.53 Å². The molecule has 100 valence electrons. The molecule has 1 aromatic carbocycles. The summed E-state index contributed by atoms with van der Waals surface area (Å²) in [6.45, 7) is 0. The van der Waals surface area contributed by atoms with Crippen molar-refractivity contribution in [1.82, 2.24) is 9.97 Å². The monoisotopic (exact) mass is 324 g/mol. The van der Waals surface area contributed by atoms with Gasteiger partial charge in [0.1, 0.15) is 11.4 Å². The lowest BCUT2D eigenvalue weighted by Gasteiger charge is -2.03. The molecule has 0 atom stereocenters. The van der Waals surface area contributed by atoms with Crippen LogP contribution in [0.4, 0.5) is 0 Å². The summed E-state index contributed by atoms with van der Waals surface area (Å²) in [5.41, 5.74) is 1.07. The number of carbonyl (C=O) groups excluding carboxylic acids is 1. The number of H-pyrrole nitrogens is 2. The number of imidazole rings is 1. The molecule has 2 N–H and O–H groups in total. The molecule has 0 amide bonds. The Morgan fingerprint density at radius 1 is 1.26 bits per heavy atom. The Morgan fingerprint density at radius 2 is 1.95 bits per heavy atom. The molecule has 0 aliphatic rings. The van der Waals surface area contributed by atoms with E-state index in [1.807, 2.05) is 0 Å². The lowest BCUT2D eigenvalue weighted by atomic mass is 10.1. The average molecular weight is 325 g/mol. The Kier molecular flexibility index (Phi) is 4.21. The van der Waals surface area contributed by atoms with Crippen molar-refractivity contribution in [3.63, 3.8) is 0 Å². The molecule has 2 rings (SSSR count). The Balaban J connectivity index is 2.34. The third-order valence-electron chi connectivity index (χ3n) is 2.73. The van der Waals surface area contributed by atoms with E-state index in [9.17, 15) is 9.59 Å². The number of aromatic nitrogens is 2. The Labute approximate surface area is 118 Å². The SMILES string of the molecule is COc1ccc(C(=O)c2[nH]c(=O)[nH]c2CCBr)cc1. The molecule has 0 saturated heterocycles. The lowest BCUT2D eigenvalue weighted by Crippen LogP contribution is -2.07. The van der Waals surface area contributed by atoms with Gasteiger partial charge in [0.15, 0.2) is 0 Å². The van der Waals surface area contributed by atoms with Gasteiger partial charge in [0.2, 0.25) is 5.78 Å². The number of aryl methyl sites for hydroxylation is 1. The Morgan fingerprint density at radius 3 is 2.53 bits per heavy atom. The van der Waals surface area contributed by atoms with Crippen LogP contribution in [-0.2, 0) is 6.42 Å². The highest BCUT2D eigenvalue weighted by molar-refractivity contribution is 9.09. The highest BCUT2D eigenvalue weighted by Crippen LogP contribution is 2.15. The first-order chi connectivity index (χ1) is 9.15. The molecule has 0 radical (unpaired) electrons. The molecule has 0 saturated carbocycles. The number of carbonyl (C=O) groups is 1. The second-order valence-electron chi connectivity index (χ2n) is 3.93. The van der Waals surface area contributed by atoms with Gasteiger partial charge in [-0.25, -0.2) is 4.79 Å². The largest absolute Gasteiger partial charge is 0.497 e. The number of alkyl halides is 1. The number of ketones is 1. The average Bonchev–Trinajstić information content (AvgIpc) is 2.79. The summed E-state index contributed by atoms with van der Waals surface area (Å²) >= 11 is 3.29. The molecular formula is C13H13BrN2O3. The minimum absolute atomic E-state index is 0.211. The maximum Gasteiger partial charge on any atom is 0.323 e. The van der Waals surface area contributed by atoms with Crippen LogP contribution in [0.3, 0.4) is 0 Å². The Bertz CT molecular complexity index is 628. The van der Waals surface area contributed by atoms with Gasteiger partial charge in [-0.15, -0.1) is 0 Å². The van der Waals surface area contributed by atoms with Crippen LogP contribution in [-0.4, -0.2) is 28.2 Å². The van der Waals surface area contributed by atoms with E-state index >= 15 is 0 Å². The van der Waals surface area contributed by atoms with E-state index in [1.54, 1.807) is 31.4 Å². The Hall–Kier alpha value is -1.82. The summed E-state index contributed by atoms with van der Waals surface area (Å²) in [4.78, 5) is 28.8. The van der Waals surface area contributed by atoms with Crippen molar-refractivity contribution in [2.24, 2.45) is 0 Å². The highest BCUT2D eigenvalue weighted by atomic mass is 79.9. The van der Waals surface area contributed by atoms with Crippen LogP contribution in [0.1, 0.15) is 21.7 Å². The number of nitrogens with one attached hydrogen (secondary N) is 2. The minimum Gasteiger partial charge on any atom is -0.497 e. The number of methoxy groups -OCH3 is 1. The predicted molar refractivity (Wildman–Crippen MR) is 75.3 cm³/mol. The number of ether oxygens (including phenoxy) is 1. The first-order valence-electron chi connectivity index (χ1n) is 5.71. The number of hydrogen-bond donors (Lipinski definition) is 2. The molecule has 19 heavy (non-hydrogen) atoms. The molecule has 6 heteroatoms. The van der Waals surface area contributed by atoms with Gasteiger partial charge >= 0.3 is 5.69 Å². The third-order valence-corrected chi connectivity index (χ3v) is 3.12. The summed E-state index contributed by atoms with van der Waals surface area (Å²) in [5.74, 6) is 0.469. The number of rotatable bonds is 5. The summed E-state index contributed by atoms with van der Waals surface area (Å²) in [7, 11) is 1.56. The van der Waals surface area contributed by atoms with Gasteiger partial charge in [0, 0.05) is 16.6 Å². The normalized spacial score (nSPS) is 10.4. The van der Waals surface area contributed by atoms with Gasteiger partial charge in [-0.05, 0) is 30.7 Å². The fourth-order valence-corrected chi connectivity index (χ4v) is 2.18. The predicted octanol–water partition coefficient (Wildman–Crippen LogP) is 1.88. The van der Waals surface area contributed by atoms with E-state index in [1.165, 1.54) is 0 Å². The number of benzene rings is 1. The third kappa shape index (κ3) is 2.96. The molecule has 0 unspecified atom stereocenters. The summed E-state index contributed by atoms with van der Waals surface area (Å²) in [6, 6.07) is 6.76. The summed E-state index contributed by atoms with van der Waals surface area (Å²) in [6.07, 6.45) is 0.579. The van der Waals surface area contributed by atoms with E-state index < -0.39 is 0 Å². The van der Waals surface area contributed by atoms with Crippen LogP contribution in [0.5, 0.6) is 5.75 Å². The maximum absolute atomic E-state index is 12.3. The zero-order chi connectivity index (χ0) is 13.8. The van der Waals surface area contributed by atoms with E-state index in [4.69, 9.17) is 4.74 Å². The number of halogens is 1. The smallest absolute Gasteiger partial charge is 0.323 e. The van der Waals surface area contributed by atoms with Crippen molar-refractivity contribution >= 4 is 21.7 Å². The number of aromatic amines is 2. The molecule has 0 fully saturated rings. The molecule has 1 aromatic heterocycles. The summed E-state index contributed by atoms with van der Waals surface area (Å²) in [5, 5.41) is 0.670. The first-order valence-corrected chi connectivity index (χ1v) is 6.83. The molecule has 0 spiro atoms. The van der Waals surface area contributed by atoms with Gasteiger partial charge < -0.3 is 14.7 Å². The second kappa shape index (κ2) is 5.88. The zero-order valence-electron chi connectivity index (χ0n) is 10.3. The van der Waals surface area contributed by atoms with Crippen LogP contribution in [0.25, 0.3) is 0 Å². The lowest BCUT2D eigenvalue weighted by molar-refractivity contribution is 0.103. The number of hydrogen-bond acceptors (Lipinski definition) is 3. The van der Waals surface area contributed by atoms with E-state index in [0.29, 0.717) is 34.5 Å². The van der Waals surface area contributed by atoms with Crippen LogP contribution in [0.2, 0.25) is 0 Å². The molecule has 1 heterocycles. The van der Waals surface area contributed by atoms with Crippen molar-refractivity contribution in [3.05, 3.63) is 51.7 Å². The van der Waals surface area contributed by atoms with Gasteiger partial charge in [-0.2, -0.15) is 0 Å². The van der Waals surface area contributed by atoms with Crippen molar-refractivity contribution in [1.29, 1.82) is 0 Å². The molecule has 0 aliphatic carbocycles. The van der Waals surface area contributed by atoms with Gasteiger partial charge in [-0.1, -0.05) is 15.9 Å². The fourth-order valence-electron chi connectivity index (χ4n) is 1.78. The van der Waals surface area contributed by atoms with Gasteiger partial charge in [0.25, 0.3) is 0 Å². The van der Waals surface area contributed by atoms with E-state index in [0.717, 1.165) is 0 Å². The zero-order valence-corrected chi connectivity index (χ0v) is 11.9. The highest BCUT2D eigenvalue weighted by Gasteiger charge is 2.16. The molecule has 2 aromatic rings. The van der Waals surface area contributed by atoms with Crippen molar-refractivity contribution in [3.8, 4) is 5.75 Å². The van der Waals surface area contributed by atoms with Gasteiger partial charge in [-0.3, -0.25) is 4.79 Å². The van der Waals surface area contributed by atoms with Crippen LogP contribution in [0, 0.1) is 0 Å². The second-order valence-corrected chi connectivity index (χ2v) is 4.72. The van der Waals surface area contributed by atoms with Crippen LogP contribution >= 0.6 is 15.9 Å². The molecular weight excluding hydrogens is 312 g/mol. The van der Waals surface area contributed by atoms with Crippen molar-refractivity contribution in [2.75, 3.05) is 12.4 Å². The first kappa shape index (κ1) is 13.6.